The number of ether oxygens (including phenoxy) is 1. The van der Waals surface area contributed by atoms with E-state index in [4.69, 9.17) is 4.74 Å². The lowest BCUT2D eigenvalue weighted by molar-refractivity contribution is -0.153. The molecule has 0 aliphatic heterocycles. The number of carboxylic acid groups (broad SMARTS) is 1. The Morgan fingerprint density at radius 1 is 1.03 bits per heavy atom. The maximum Gasteiger partial charge on any atom is 0.422 e. The summed E-state index contributed by atoms with van der Waals surface area (Å²) in [5, 5.41) is 14.9. The van der Waals surface area contributed by atoms with Crippen molar-refractivity contribution in [3.8, 4) is 5.75 Å². The molecule has 0 spiro atoms. The first-order valence-corrected chi connectivity index (χ1v) is 12.3. The zero-order valence-electron chi connectivity index (χ0n) is 21.4. The van der Waals surface area contributed by atoms with Crippen molar-refractivity contribution in [1.82, 2.24) is 0 Å². The van der Waals surface area contributed by atoms with Crippen LogP contribution in [0.2, 0.25) is 0 Å². The third-order valence-corrected chi connectivity index (χ3v) is 5.83. The number of nitrogens with zero attached hydrogens (tertiary/aromatic N) is 1. The van der Waals surface area contributed by atoms with Crippen molar-refractivity contribution >= 4 is 29.1 Å². The summed E-state index contributed by atoms with van der Waals surface area (Å²) in [6.45, 7) is 8.61. The molecule has 37 heavy (non-hydrogen) atoms. The SMILES string of the molecule is CC(C)CN(CC(C)C)c1ccc([C@@H]2C[C@@H]2C(=O)O)cc1NC(=O)Nc1ccc(OCC(F)(F)F)cc1. The fraction of sp³-hybridized carbons (Fsp3) is 0.481. The second kappa shape index (κ2) is 11.7. The molecule has 0 saturated heterocycles. The van der Waals surface area contributed by atoms with E-state index in [1.807, 2.05) is 18.2 Å². The standard InChI is InChI=1S/C27H34F3N3O4/c1-16(2)13-33(14-17(3)4)24-10-5-18(21-12-22(21)25(34)35)11-23(24)32-26(36)31-19-6-8-20(9-7-19)37-15-27(28,29)30/h5-11,16-17,21-22H,12-15H2,1-4H3,(H,34,35)(H2,31,32,36)/t21-,22-/m0/s1. The van der Waals surface area contributed by atoms with Crippen molar-refractivity contribution in [2.24, 2.45) is 17.8 Å². The number of rotatable bonds is 11. The van der Waals surface area contributed by atoms with Gasteiger partial charge in [-0.2, -0.15) is 13.2 Å². The van der Waals surface area contributed by atoms with E-state index in [9.17, 15) is 27.9 Å². The van der Waals surface area contributed by atoms with Gasteiger partial charge in [-0.05, 0) is 66.1 Å². The minimum atomic E-state index is -4.44. The van der Waals surface area contributed by atoms with Gasteiger partial charge >= 0.3 is 18.2 Å². The first-order valence-electron chi connectivity index (χ1n) is 12.3. The maximum atomic E-state index is 12.9. The number of anilines is 3. The highest BCUT2D eigenvalue weighted by atomic mass is 19.4. The summed E-state index contributed by atoms with van der Waals surface area (Å²) in [4.78, 5) is 26.5. The van der Waals surface area contributed by atoms with Crippen molar-refractivity contribution in [1.29, 1.82) is 0 Å². The van der Waals surface area contributed by atoms with Gasteiger partial charge in [0.05, 0.1) is 17.3 Å². The number of halogens is 3. The van der Waals surface area contributed by atoms with Crippen LogP contribution in [-0.4, -0.2) is 43.0 Å². The van der Waals surface area contributed by atoms with Crippen LogP contribution in [0, 0.1) is 17.8 Å². The van der Waals surface area contributed by atoms with Crippen LogP contribution in [0.1, 0.15) is 45.6 Å². The summed E-state index contributed by atoms with van der Waals surface area (Å²) in [7, 11) is 0. The van der Waals surface area contributed by atoms with E-state index in [1.54, 1.807) is 0 Å². The van der Waals surface area contributed by atoms with Crippen LogP contribution in [0.25, 0.3) is 0 Å². The van der Waals surface area contributed by atoms with Crippen LogP contribution in [0.4, 0.5) is 35.0 Å². The van der Waals surface area contributed by atoms with Crippen LogP contribution in [-0.2, 0) is 4.79 Å². The van der Waals surface area contributed by atoms with Gasteiger partial charge in [-0.3, -0.25) is 4.79 Å². The zero-order chi connectivity index (χ0) is 27.3. The highest BCUT2D eigenvalue weighted by Gasteiger charge is 2.44. The number of carbonyl (C=O) groups excluding carboxylic acids is 1. The molecule has 0 radical (unpaired) electrons. The van der Waals surface area contributed by atoms with Gasteiger partial charge in [-0.25, -0.2) is 4.79 Å². The Bertz CT molecular complexity index is 1080. The molecule has 2 amide bonds. The Hall–Kier alpha value is -3.43. The van der Waals surface area contributed by atoms with Crippen molar-refractivity contribution in [3.63, 3.8) is 0 Å². The predicted molar refractivity (Wildman–Crippen MR) is 137 cm³/mol. The number of amides is 2. The zero-order valence-corrected chi connectivity index (χ0v) is 21.4. The van der Waals surface area contributed by atoms with Crippen LogP contribution in [0.5, 0.6) is 5.75 Å². The Morgan fingerprint density at radius 2 is 1.65 bits per heavy atom. The van der Waals surface area contributed by atoms with Crippen LogP contribution in [0.15, 0.2) is 42.5 Å². The molecular formula is C27H34F3N3O4. The van der Waals surface area contributed by atoms with Gasteiger partial charge in [0.1, 0.15) is 5.75 Å². The molecule has 1 saturated carbocycles. The molecule has 1 fully saturated rings. The normalized spacial score (nSPS) is 17.0. The first kappa shape index (κ1) is 28.1. The molecule has 0 bridgehead atoms. The summed E-state index contributed by atoms with van der Waals surface area (Å²) in [6.07, 6.45) is -3.88. The molecule has 0 unspecified atom stereocenters. The van der Waals surface area contributed by atoms with Crippen molar-refractivity contribution in [3.05, 3.63) is 48.0 Å². The minimum absolute atomic E-state index is 0.0358. The molecule has 3 N–H and O–H groups in total. The molecule has 1 aliphatic carbocycles. The Morgan fingerprint density at radius 3 is 2.16 bits per heavy atom. The lowest BCUT2D eigenvalue weighted by Crippen LogP contribution is -2.32. The summed E-state index contributed by atoms with van der Waals surface area (Å²) < 4.78 is 41.7. The number of carboxylic acids is 1. The van der Waals surface area contributed by atoms with E-state index in [-0.39, 0.29) is 11.7 Å². The Kier molecular flexibility index (Phi) is 8.94. The van der Waals surface area contributed by atoms with Gasteiger partial charge in [-0.1, -0.05) is 33.8 Å². The lowest BCUT2D eigenvalue weighted by atomic mass is 10.0. The third kappa shape index (κ3) is 8.58. The second-order valence-corrected chi connectivity index (χ2v) is 10.3. The lowest BCUT2D eigenvalue weighted by Gasteiger charge is -2.30. The molecule has 10 heteroatoms. The van der Waals surface area contributed by atoms with Crippen molar-refractivity contribution < 1.29 is 32.6 Å². The van der Waals surface area contributed by atoms with Crippen LogP contribution < -0.4 is 20.3 Å². The molecule has 3 rings (SSSR count). The molecule has 0 heterocycles. The average Bonchev–Trinajstić information content (AvgIpc) is 3.58. The first-order chi connectivity index (χ1) is 17.3. The van der Waals surface area contributed by atoms with E-state index < -0.39 is 30.7 Å². The van der Waals surface area contributed by atoms with Gasteiger partial charge in [0.25, 0.3) is 0 Å². The summed E-state index contributed by atoms with van der Waals surface area (Å²) in [6, 6.07) is 10.8. The molecular weight excluding hydrogens is 487 g/mol. The number of aliphatic carboxylic acids is 1. The van der Waals surface area contributed by atoms with Gasteiger partial charge in [-0.15, -0.1) is 0 Å². The number of benzene rings is 2. The number of hydrogen-bond acceptors (Lipinski definition) is 4. The molecule has 1 aliphatic rings. The van der Waals surface area contributed by atoms with Crippen LogP contribution >= 0.6 is 0 Å². The van der Waals surface area contributed by atoms with Crippen LogP contribution in [0.3, 0.4) is 0 Å². The van der Waals surface area contributed by atoms with Gasteiger partial charge in [0, 0.05) is 18.8 Å². The molecule has 0 aromatic heterocycles. The number of alkyl halides is 3. The third-order valence-electron chi connectivity index (χ3n) is 5.83. The fourth-order valence-corrected chi connectivity index (χ4v) is 4.23. The molecule has 2 aromatic carbocycles. The smallest absolute Gasteiger partial charge is 0.422 e. The van der Waals surface area contributed by atoms with E-state index in [0.29, 0.717) is 29.6 Å². The maximum absolute atomic E-state index is 12.9. The molecule has 7 nitrogen and oxygen atoms in total. The highest BCUT2D eigenvalue weighted by Crippen LogP contribution is 2.49. The molecule has 2 aromatic rings. The fourth-order valence-electron chi connectivity index (χ4n) is 4.23. The average molecular weight is 522 g/mol. The monoisotopic (exact) mass is 521 g/mol. The number of urea groups is 1. The van der Waals surface area contributed by atoms with Crippen molar-refractivity contribution in [2.45, 2.75) is 46.2 Å². The highest BCUT2D eigenvalue weighted by molar-refractivity contribution is 6.02. The van der Waals surface area contributed by atoms with E-state index in [1.165, 1.54) is 24.3 Å². The van der Waals surface area contributed by atoms with E-state index >= 15 is 0 Å². The summed E-state index contributed by atoms with van der Waals surface area (Å²) >= 11 is 0. The molecule has 202 valence electrons. The Balaban J connectivity index is 1.79. The molecule has 2 atom stereocenters. The summed E-state index contributed by atoms with van der Waals surface area (Å²) in [5.41, 5.74) is 2.64. The quantitative estimate of drug-likeness (QED) is 0.311. The second-order valence-electron chi connectivity index (χ2n) is 10.3. The Labute approximate surface area is 215 Å². The predicted octanol–water partition coefficient (Wildman–Crippen LogP) is 6.58. The van der Waals surface area contributed by atoms with Crippen molar-refractivity contribution in [2.75, 3.05) is 35.2 Å². The minimum Gasteiger partial charge on any atom is -0.484 e. The summed E-state index contributed by atoms with van der Waals surface area (Å²) in [5.74, 6) is -0.564. The largest absolute Gasteiger partial charge is 0.484 e. The number of nitrogens with one attached hydrogen (secondary N) is 2. The van der Waals surface area contributed by atoms with E-state index in [0.717, 1.165) is 24.3 Å². The topological polar surface area (TPSA) is 90.9 Å². The number of hydrogen-bond donors (Lipinski definition) is 3. The van der Waals surface area contributed by atoms with Gasteiger partial charge in [0.2, 0.25) is 0 Å². The van der Waals surface area contributed by atoms with Gasteiger partial charge < -0.3 is 25.4 Å². The van der Waals surface area contributed by atoms with Gasteiger partial charge in [0.15, 0.2) is 6.61 Å². The number of carbonyl (C=O) groups is 2. The van der Waals surface area contributed by atoms with E-state index in [2.05, 4.69) is 43.2 Å².